The molecule has 0 aliphatic rings. The maximum absolute atomic E-state index is 12.3. The van der Waals surface area contributed by atoms with Gasteiger partial charge in [-0.2, -0.15) is 0 Å². The van der Waals surface area contributed by atoms with Gasteiger partial charge in [0.1, 0.15) is 0 Å². The summed E-state index contributed by atoms with van der Waals surface area (Å²) in [5.41, 5.74) is 3.05. The Balaban J connectivity index is 2.27. The molecule has 0 fully saturated rings. The first-order valence-electron chi connectivity index (χ1n) is 7.32. The van der Waals surface area contributed by atoms with Gasteiger partial charge in [0.25, 0.3) is 0 Å². The molecule has 0 saturated heterocycles. The lowest BCUT2D eigenvalue weighted by Gasteiger charge is -2.09. The van der Waals surface area contributed by atoms with Gasteiger partial charge in [0.15, 0.2) is 5.78 Å². The molecule has 20 heavy (non-hydrogen) atoms. The van der Waals surface area contributed by atoms with Gasteiger partial charge in [0.05, 0.1) is 5.69 Å². The SMILES string of the molecule is CCCC(C)C(=O)c1cc2cc(CN(C)C)ccc2[nH]1. The molecule has 1 atom stereocenters. The number of nitrogens with zero attached hydrogens (tertiary/aromatic N) is 1. The molecule has 1 heterocycles. The fourth-order valence-corrected chi connectivity index (χ4v) is 2.61. The standard InChI is InChI=1S/C17H24N2O/c1-5-6-12(2)17(20)16-10-14-9-13(11-19(3)4)7-8-15(14)18-16/h7-10,12,18H,5-6,11H2,1-4H3. The number of Topliss-reactive ketones (excluding diaryl/α,β-unsaturated/α-hetero) is 1. The van der Waals surface area contributed by atoms with Gasteiger partial charge >= 0.3 is 0 Å². The van der Waals surface area contributed by atoms with Crippen LogP contribution in [0.5, 0.6) is 0 Å². The highest BCUT2D eigenvalue weighted by Gasteiger charge is 2.16. The Hall–Kier alpha value is -1.61. The normalized spacial score (nSPS) is 13.1. The van der Waals surface area contributed by atoms with Crippen molar-refractivity contribution >= 4 is 16.7 Å². The highest BCUT2D eigenvalue weighted by molar-refractivity contribution is 6.00. The Morgan fingerprint density at radius 3 is 2.70 bits per heavy atom. The van der Waals surface area contributed by atoms with Gasteiger partial charge in [0, 0.05) is 23.4 Å². The fraction of sp³-hybridized carbons (Fsp3) is 0.471. The van der Waals surface area contributed by atoms with Gasteiger partial charge < -0.3 is 9.88 Å². The summed E-state index contributed by atoms with van der Waals surface area (Å²) >= 11 is 0. The molecule has 0 bridgehead atoms. The topological polar surface area (TPSA) is 36.1 Å². The molecule has 1 N–H and O–H groups in total. The first-order chi connectivity index (χ1) is 9.51. The number of nitrogens with one attached hydrogen (secondary N) is 1. The molecule has 108 valence electrons. The Bertz CT molecular complexity index is 598. The Morgan fingerprint density at radius 1 is 1.30 bits per heavy atom. The van der Waals surface area contributed by atoms with Gasteiger partial charge in [-0.15, -0.1) is 0 Å². The molecule has 2 rings (SSSR count). The summed E-state index contributed by atoms with van der Waals surface area (Å²) in [6.07, 6.45) is 1.99. The summed E-state index contributed by atoms with van der Waals surface area (Å²) in [7, 11) is 4.12. The van der Waals surface area contributed by atoms with Crippen molar-refractivity contribution in [1.29, 1.82) is 0 Å². The Labute approximate surface area is 121 Å². The van der Waals surface area contributed by atoms with E-state index in [2.05, 4.69) is 49.1 Å². The van der Waals surface area contributed by atoms with Gasteiger partial charge in [-0.1, -0.05) is 26.3 Å². The monoisotopic (exact) mass is 272 g/mol. The maximum Gasteiger partial charge on any atom is 0.181 e. The third kappa shape index (κ3) is 3.28. The van der Waals surface area contributed by atoms with E-state index in [1.54, 1.807) is 0 Å². The second kappa shape index (κ2) is 6.23. The summed E-state index contributed by atoms with van der Waals surface area (Å²) in [6.45, 7) is 5.04. The van der Waals surface area contributed by atoms with Crippen molar-refractivity contribution in [2.75, 3.05) is 14.1 Å². The maximum atomic E-state index is 12.3. The zero-order chi connectivity index (χ0) is 14.7. The molecule has 0 aliphatic heterocycles. The van der Waals surface area contributed by atoms with Gasteiger partial charge in [0.2, 0.25) is 0 Å². The molecule has 0 saturated carbocycles. The fourth-order valence-electron chi connectivity index (χ4n) is 2.61. The van der Waals surface area contributed by atoms with Crippen LogP contribution in [0.1, 0.15) is 42.7 Å². The van der Waals surface area contributed by atoms with E-state index in [4.69, 9.17) is 0 Å². The van der Waals surface area contributed by atoms with E-state index in [9.17, 15) is 4.79 Å². The van der Waals surface area contributed by atoms with Crippen LogP contribution in [0.2, 0.25) is 0 Å². The summed E-state index contributed by atoms with van der Waals surface area (Å²) < 4.78 is 0. The van der Waals surface area contributed by atoms with Crippen LogP contribution >= 0.6 is 0 Å². The van der Waals surface area contributed by atoms with Crippen LogP contribution in [0.25, 0.3) is 10.9 Å². The Morgan fingerprint density at radius 2 is 2.05 bits per heavy atom. The smallest absolute Gasteiger partial charge is 0.181 e. The number of H-pyrrole nitrogens is 1. The molecular formula is C17H24N2O. The van der Waals surface area contributed by atoms with E-state index < -0.39 is 0 Å². The summed E-state index contributed by atoms with van der Waals surface area (Å²) in [6, 6.07) is 8.33. The molecule has 0 radical (unpaired) electrons. The molecular weight excluding hydrogens is 248 g/mol. The van der Waals surface area contributed by atoms with Crippen LogP contribution < -0.4 is 0 Å². The zero-order valence-electron chi connectivity index (χ0n) is 12.9. The number of hydrogen-bond acceptors (Lipinski definition) is 2. The molecule has 2 aromatic rings. The predicted octanol–water partition coefficient (Wildman–Crippen LogP) is 3.85. The number of benzene rings is 1. The molecule has 1 unspecified atom stereocenters. The van der Waals surface area contributed by atoms with Crippen molar-refractivity contribution in [3.05, 3.63) is 35.5 Å². The van der Waals surface area contributed by atoms with E-state index in [0.717, 1.165) is 36.0 Å². The number of aromatic nitrogens is 1. The molecule has 1 aromatic heterocycles. The van der Waals surface area contributed by atoms with Gasteiger partial charge in [-0.25, -0.2) is 0 Å². The van der Waals surface area contributed by atoms with Crippen molar-refractivity contribution in [3.8, 4) is 0 Å². The average molecular weight is 272 g/mol. The van der Waals surface area contributed by atoms with Crippen LogP contribution in [0.15, 0.2) is 24.3 Å². The number of carbonyl (C=O) groups excluding carboxylic acids is 1. The quantitative estimate of drug-likeness (QED) is 0.811. The third-order valence-corrected chi connectivity index (χ3v) is 3.62. The van der Waals surface area contributed by atoms with Crippen molar-refractivity contribution in [2.45, 2.75) is 33.2 Å². The van der Waals surface area contributed by atoms with Crippen LogP contribution in [-0.2, 0) is 6.54 Å². The summed E-state index contributed by atoms with van der Waals surface area (Å²) in [4.78, 5) is 17.7. The highest BCUT2D eigenvalue weighted by Crippen LogP contribution is 2.21. The van der Waals surface area contributed by atoms with Gasteiger partial charge in [-0.05, 0) is 44.3 Å². The van der Waals surface area contributed by atoms with E-state index >= 15 is 0 Å². The first-order valence-corrected chi connectivity index (χ1v) is 7.32. The summed E-state index contributed by atoms with van der Waals surface area (Å²) in [5.74, 6) is 0.312. The average Bonchev–Trinajstić information content (AvgIpc) is 2.80. The minimum atomic E-state index is 0.0920. The predicted molar refractivity (Wildman–Crippen MR) is 84.1 cm³/mol. The largest absolute Gasteiger partial charge is 0.352 e. The molecule has 0 aliphatic carbocycles. The molecule has 1 aromatic carbocycles. The van der Waals surface area contributed by atoms with E-state index in [-0.39, 0.29) is 11.7 Å². The van der Waals surface area contributed by atoms with Crippen molar-refractivity contribution < 1.29 is 4.79 Å². The molecule has 0 spiro atoms. The highest BCUT2D eigenvalue weighted by atomic mass is 16.1. The lowest BCUT2D eigenvalue weighted by molar-refractivity contribution is 0.0919. The Kier molecular flexibility index (Phi) is 4.61. The number of carbonyl (C=O) groups is 1. The van der Waals surface area contributed by atoms with E-state index in [1.807, 2.05) is 13.0 Å². The van der Waals surface area contributed by atoms with Gasteiger partial charge in [-0.3, -0.25) is 4.79 Å². The second-order valence-electron chi connectivity index (χ2n) is 5.90. The molecule has 3 heteroatoms. The van der Waals surface area contributed by atoms with Crippen molar-refractivity contribution in [3.63, 3.8) is 0 Å². The van der Waals surface area contributed by atoms with Crippen molar-refractivity contribution in [2.24, 2.45) is 5.92 Å². The zero-order valence-corrected chi connectivity index (χ0v) is 12.9. The molecule has 0 amide bonds. The van der Waals surface area contributed by atoms with Crippen LogP contribution in [0, 0.1) is 5.92 Å². The van der Waals surface area contributed by atoms with Crippen LogP contribution in [0.4, 0.5) is 0 Å². The lowest BCUT2D eigenvalue weighted by atomic mass is 9.99. The number of ketones is 1. The minimum absolute atomic E-state index is 0.0920. The van der Waals surface area contributed by atoms with Crippen molar-refractivity contribution in [1.82, 2.24) is 9.88 Å². The number of rotatable bonds is 6. The summed E-state index contributed by atoms with van der Waals surface area (Å²) in [5, 5.41) is 1.12. The minimum Gasteiger partial charge on any atom is -0.352 e. The number of aromatic amines is 1. The number of fused-ring (bicyclic) bond motifs is 1. The first kappa shape index (κ1) is 14.8. The molecule has 3 nitrogen and oxygen atoms in total. The van der Waals surface area contributed by atoms with Crippen LogP contribution in [0.3, 0.4) is 0 Å². The van der Waals surface area contributed by atoms with E-state index in [1.165, 1.54) is 5.56 Å². The third-order valence-electron chi connectivity index (χ3n) is 3.62. The van der Waals surface area contributed by atoms with E-state index in [0.29, 0.717) is 0 Å². The van der Waals surface area contributed by atoms with Crippen LogP contribution in [-0.4, -0.2) is 29.8 Å². The second-order valence-corrected chi connectivity index (χ2v) is 5.90. The number of hydrogen-bond donors (Lipinski definition) is 1. The lowest BCUT2D eigenvalue weighted by Crippen LogP contribution is -2.11.